The fourth-order valence-electron chi connectivity index (χ4n) is 4.80. The zero-order chi connectivity index (χ0) is 22.5. The van der Waals surface area contributed by atoms with Crippen LogP contribution in [0.3, 0.4) is 0 Å². The third kappa shape index (κ3) is 4.93. The van der Waals surface area contributed by atoms with Crippen LogP contribution < -0.4 is 10.6 Å². The summed E-state index contributed by atoms with van der Waals surface area (Å²) in [5.41, 5.74) is 5.02. The number of hydrogen-bond donors (Lipinski definition) is 2. The van der Waals surface area contributed by atoms with E-state index in [0.717, 1.165) is 41.9 Å². The second-order valence-electron chi connectivity index (χ2n) is 8.70. The molecular weight excluding hydrogens is 402 g/mol. The Morgan fingerprint density at radius 3 is 2.78 bits per heavy atom. The van der Waals surface area contributed by atoms with Crippen LogP contribution in [0.25, 0.3) is 5.69 Å². The Kier molecular flexibility index (Phi) is 7.05. The number of nitrogens with one attached hydrogen (secondary N) is 2. The number of amides is 2. The molecule has 1 unspecified atom stereocenters. The van der Waals surface area contributed by atoms with E-state index in [-0.39, 0.29) is 18.4 Å². The van der Waals surface area contributed by atoms with Crippen molar-refractivity contribution in [1.82, 2.24) is 25.3 Å². The SMILES string of the molecule is Cc1nn(-c2ccccc2)c(C)c1C1C(=O)NCCN1CC(=O)NCCC1=CCCCC1. The molecule has 2 N–H and O–H groups in total. The summed E-state index contributed by atoms with van der Waals surface area (Å²) in [4.78, 5) is 27.6. The minimum atomic E-state index is -0.520. The minimum Gasteiger partial charge on any atom is -0.355 e. The van der Waals surface area contributed by atoms with Crippen LogP contribution in [0.4, 0.5) is 0 Å². The van der Waals surface area contributed by atoms with Gasteiger partial charge >= 0.3 is 0 Å². The first-order valence-electron chi connectivity index (χ1n) is 11.6. The molecule has 1 aromatic carbocycles. The number of para-hydroxylation sites is 1. The van der Waals surface area contributed by atoms with Gasteiger partial charge in [-0.2, -0.15) is 5.10 Å². The fourth-order valence-corrected chi connectivity index (χ4v) is 4.80. The molecule has 1 aliphatic carbocycles. The van der Waals surface area contributed by atoms with E-state index in [1.807, 2.05) is 53.8 Å². The molecule has 1 aliphatic heterocycles. The monoisotopic (exact) mass is 435 g/mol. The highest BCUT2D eigenvalue weighted by atomic mass is 16.2. The van der Waals surface area contributed by atoms with Crippen molar-refractivity contribution in [3.63, 3.8) is 0 Å². The van der Waals surface area contributed by atoms with Crippen molar-refractivity contribution in [3.8, 4) is 5.69 Å². The van der Waals surface area contributed by atoms with Crippen LogP contribution in [0.5, 0.6) is 0 Å². The number of piperazine rings is 1. The molecule has 1 fully saturated rings. The van der Waals surface area contributed by atoms with Crippen LogP contribution in [0.1, 0.15) is 55.1 Å². The summed E-state index contributed by atoms with van der Waals surface area (Å²) >= 11 is 0. The Labute approximate surface area is 189 Å². The van der Waals surface area contributed by atoms with Gasteiger partial charge in [0.2, 0.25) is 11.8 Å². The number of nitrogens with zero attached hydrogens (tertiary/aromatic N) is 3. The average Bonchev–Trinajstić information content (AvgIpc) is 3.09. The van der Waals surface area contributed by atoms with Gasteiger partial charge in [-0.25, -0.2) is 4.68 Å². The van der Waals surface area contributed by atoms with Gasteiger partial charge in [0.25, 0.3) is 0 Å². The molecule has 170 valence electrons. The average molecular weight is 436 g/mol. The van der Waals surface area contributed by atoms with Gasteiger partial charge < -0.3 is 10.6 Å². The molecule has 0 saturated carbocycles. The smallest absolute Gasteiger partial charge is 0.242 e. The second kappa shape index (κ2) is 10.1. The van der Waals surface area contributed by atoms with Crippen LogP contribution in [0.2, 0.25) is 0 Å². The number of rotatable bonds is 7. The third-order valence-electron chi connectivity index (χ3n) is 6.43. The molecule has 0 spiro atoms. The zero-order valence-electron chi connectivity index (χ0n) is 19.1. The van der Waals surface area contributed by atoms with Crippen LogP contribution in [-0.4, -0.2) is 52.7 Å². The zero-order valence-corrected chi connectivity index (χ0v) is 19.1. The van der Waals surface area contributed by atoms with Crippen molar-refractivity contribution in [1.29, 1.82) is 0 Å². The maximum atomic E-state index is 12.9. The fraction of sp³-hybridized carbons (Fsp3) is 0.480. The number of carbonyl (C=O) groups is 2. The summed E-state index contributed by atoms with van der Waals surface area (Å²) in [6, 6.07) is 9.38. The van der Waals surface area contributed by atoms with Crippen LogP contribution in [0.15, 0.2) is 42.0 Å². The standard InChI is InChI=1S/C25H33N5O2/c1-18-23(19(2)30(28-18)21-11-7-4-8-12-21)24-25(32)27-15-16-29(24)17-22(31)26-14-13-20-9-5-3-6-10-20/h4,7-9,11-12,24H,3,5-6,10,13-17H2,1-2H3,(H,26,31)(H,27,32). The topological polar surface area (TPSA) is 79.3 Å². The van der Waals surface area contributed by atoms with Gasteiger partial charge in [0, 0.05) is 30.9 Å². The maximum Gasteiger partial charge on any atom is 0.242 e. The summed E-state index contributed by atoms with van der Waals surface area (Å²) in [6.07, 6.45) is 8.05. The molecule has 1 saturated heterocycles. The number of allylic oxidation sites excluding steroid dienone is 1. The quantitative estimate of drug-likeness (QED) is 0.656. The number of hydrogen-bond acceptors (Lipinski definition) is 4. The van der Waals surface area contributed by atoms with E-state index in [1.54, 1.807) is 0 Å². The largest absolute Gasteiger partial charge is 0.355 e. The normalized spacial score (nSPS) is 19.4. The Hall–Kier alpha value is -2.93. The molecule has 1 atom stereocenters. The molecular formula is C25H33N5O2. The number of benzene rings is 1. The van der Waals surface area contributed by atoms with E-state index in [4.69, 9.17) is 5.10 Å². The predicted molar refractivity (Wildman–Crippen MR) is 125 cm³/mol. The first-order valence-corrected chi connectivity index (χ1v) is 11.6. The molecule has 0 bridgehead atoms. The Bertz CT molecular complexity index is 995. The van der Waals surface area contributed by atoms with Gasteiger partial charge in [0.05, 0.1) is 17.9 Å². The summed E-state index contributed by atoms with van der Waals surface area (Å²) in [5.74, 6) is -0.109. The lowest BCUT2D eigenvalue weighted by atomic mass is 9.97. The lowest BCUT2D eigenvalue weighted by Crippen LogP contribution is -2.53. The highest BCUT2D eigenvalue weighted by Crippen LogP contribution is 2.30. The lowest BCUT2D eigenvalue weighted by molar-refractivity contribution is -0.131. The van der Waals surface area contributed by atoms with Crippen molar-refractivity contribution < 1.29 is 9.59 Å². The van der Waals surface area contributed by atoms with Crippen molar-refractivity contribution in [3.05, 3.63) is 58.9 Å². The molecule has 7 heteroatoms. The highest BCUT2D eigenvalue weighted by Gasteiger charge is 2.36. The summed E-state index contributed by atoms with van der Waals surface area (Å²) in [7, 11) is 0. The van der Waals surface area contributed by atoms with Gasteiger partial charge in [-0.15, -0.1) is 0 Å². The van der Waals surface area contributed by atoms with E-state index in [2.05, 4.69) is 16.7 Å². The van der Waals surface area contributed by atoms with Crippen LogP contribution in [0, 0.1) is 13.8 Å². The Balaban J connectivity index is 1.47. The lowest BCUT2D eigenvalue weighted by Gasteiger charge is -2.34. The van der Waals surface area contributed by atoms with Gasteiger partial charge in [0.15, 0.2) is 0 Å². The highest BCUT2D eigenvalue weighted by molar-refractivity contribution is 5.86. The van der Waals surface area contributed by atoms with Gasteiger partial charge in [-0.1, -0.05) is 29.8 Å². The summed E-state index contributed by atoms with van der Waals surface area (Å²) < 4.78 is 1.88. The first kappa shape index (κ1) is 22.3. The molecule has 2 amide bonds. The molecule has 32 heavy (non-hydrogen) atoms. The Morgan fingerprint density at radius 2 is 2.03 bits per heavy atom. The van der Waals surface area contributed by atoms with Crippen molar-refractivity contribution in [2.24, 2.45) is 0 Å². The minimum absolute atomic E-state index is 0.0353. The molecule has 1 aromatic heterocycles. The van der Waals surface area contributed by atoms with Gasteiger partial charge in [0.1, 0.15) is 6.04 Å². The molecule has 2 aromatic rings. The molecule has 2 aliphatic rings. The maximum absolute atomic E-state index is 12.9. The van der Waals surface area contributed by atoms with E-state index in [0.29, 0.717) is 19.6 Å². The number of aromatic nitrogens is 2. The Morgan fingerprint density at radius 1 is 1.22 bits per heavy atom. The van der Waals surface area contributed by atoms with Crippen LogP contribution >= 0.6 is 0 Å². The number of carbonyl (C=O) groups excluding carboxylic acids is 2. The molecule has 4 rings (SSSR count). The van der Waals surface area contributed by atoms with Crippen molar-refractivity contribution >= 4 is 11.8 Å². The first-order chi connectivity index (χ1) is 15.5. The number of aryl methyl sites for hydroxylation is 1. The molecule has 0 radical (unpaired) electrons. The van der Waals surface area contributed by atoms with E-state index in [9.17, 15) is 9.59 Å². The van der Waals surface area contributed by atoms with E-state index >= 15 is 0 Å². The third-order valence-corrected chi connectivity index (χ3v) is 6.43. The second-order valence-corrected chi connectivity index (χ2v) is 8.70. The molecule has 2 heterocycles. The van der Waals surface area contributed by atoms with E-state index in [1.165, 1.54) is 18.4 Å². The predicted octanol–water partition coefficient (Wildman–Crippen LogP) is 2.97. The van der Waals surface area contributed by atoms with E-state index < -0.39 is 6.04 Å². The van der Waals surface area contributed by atoms with Gasteiger partial charge in [-0.05, 0) is 58.1 Å². The summed E-state index contributed by atoms with van der Waals surface area (Å²) in [5, 5.41) is 10.7. The van der Waals surface area contributed by atoms with Gasteiger partial charge in [-0.3, -0.25) is 14.5 Å². The van der Waals surface area contributed by atoms with Crippen LogP contribution in [-0.2, 0) is 9.59 Å². The summed E-state index contributed by atoms with van der Waals surface area (Å²) in [6.45, 7) is 5.94. The molecule has 7 nitrogen and oxygen atoms in total. The van der Waals surface area contributed by atoms with Crippen molar-refractivity contribution in [2.45, 2.75) is 52.0 Å². The van der Waals surface area contributed by atoms with Crippen molar-refractivity contribution in [2.75, 3.05) is 26.2 Å².